The van der Waals surface area contributed by atoms with Crippen LogP contribution in [0.15, 0.2) is 70.9 Å². The third kappa shape index (κ3) is 3.99. The standard InChI is InChI=1S/C19H18N2O2/c22-19(16-9-5-2-6-10-16)18(15-7-3-1-4-8-15)21-20-17-11-13-23-14-12-17/h1-10H,11-14H2. The van der Waals surface area contributed by atoms with E-state index in [0.717, 1.165) is 24.1 Å². The fourth-order valence-electron chi connectivity index (χ4n) is 2.38. The van der Waals surface area contributed by atoms with E-state index < -0.39 is 0 Å². The van der Waals surface area contributed by atoms with Gasteiger partial charge in [0.25, 0.3) is 0 Å². The minimum absolute atomic E-state index is 0.117. The van der Waals surface area contributed by atoms with Gasteiger partial charge in [0.2, 0.25) is 5.78 Å². The van der Waals surface area contributed by atoms with E-state index in [1.54, 1.807) is 12.1 Å². The molecule has 0 bridgehead atoms. The molecule has 3 rings (SSSR count). The van der Waals surface area contributed by atoms with Gasteiger partial charge in [-0.15, -0.1) is 5.10 Å². The van der Waals surface area contributed by atoms with Gasteiger partial charge in [0.15, 0.2) is 0 Å². The van der Waals surface area contributed by atoms with Gasteiger partial charge in [-0.05, 0) is 0 Å². The summed E-state index contributed by atoms with van der Waals surface area (Å²) in [6.07, 6.45) is 1.54. The van der Waals surface area contributed by atoms with Gasteiger partial charge in [0.1, 0.15) is 5.71 Å². The van der Waals surface area contributed by atoms with Crippen LogP contribution in [0.25, 0.3) is 0 Å². The number of rotatable bonds is 4. The van der Waals surface area contributed by atoms with Gasteiger partial charge in [-0.1, -0.05) is 60.7 Å². The molecular formula is C19H18N2O2. The van der Waals surface area contributed by atoms with Crippen molar-refractivity contribution in [2.24, 2.45) is 10.2 Å². The molecule has 0 radical (unpaired) electrons. The smallest absolute Gasteiger partial charge is 0.213 e. The molecule has 1 saturated heterocycles. The van der Waals surface area contributed by atoms with E-state index >= 15 is 0 Å². The van der Waals surface area contributed by atoms with Crippen LogP contribution in [0.1, 0.15) is 28.8 Å². The van der Waals surface area contributed by atoms with E-state index in [-0.39, 0.29) is 5.78 Å². The Morgan fingerprint density at radius 3 is 2.00 bits per heavy atom. The molecule has 0 aliphatic carbocycles. The number of ether oxygens (including phenoxy) is 1. The van der Waals surface area contributed by atoms with E-state index in [1.807, 2.05) is 48.5 Å². The number of benzene rings is 2. The van der Waals surface area contributed by atoms with Crippen LogP contribution in [0.4, 0.5) is 0 Å². The van der Waals surface area contributed by atoms with Gasteiger partial charge in [0, 0.05) is 29.7 Å². The molecule has 0 N–H and O–H groups in total. The zero-order valence-electron chi connectivity index (χ0n) is 12.8. The third-order valence-corrected chi connectivity index (χ3v) is 3.66. The number of carbonyl (C=O) groups is 1. The molecule has 0 atom stereocenters. The summed E-state index contributed by atoms with van der Waals surface area (Å²) in [6.45, 7) is 1.34. The van der Waals surface area contributed by atoms with Gasteiger partial charge >= 0.3 is 0 Å². The van der Waals surface area contributed by atoms with E-state index in [2.05, 4.69) is 10.2 Å². The number of hydrogen-bond acceptors (Lipinski definition) is 4. The van der Waals surface area contributed by atoms with Gasteiger partial charge in [-0.25, -0.2) is 0 Å². The molecule has 4 nitrogen and oxygen atoms in total. The Labute approximate surface area is 135 Å². The fraction of sp³-hybridized carbons (Fsp3) is 0.211. The minimum Gasteiger partial charge on any atom is -0.381 e. The van der Waals surface area contributed by atoms with Crippen LogP contribution in [-0.4, -0.2) is 30.4 Å². The zero-order chi connectivity index (χ0) is 15.9. The Hall–Kier alpha value is -2.59. The maximum Gasteiger partial charge on any atom is 0.213 e. The van der Waals surface area contributed by atoms with Crippen molar-refractivity contribution in [3.63, 3.8) is 0 Å². The first kappa shape index (κ1) is 15.3. The van der Waals surface area contributed by atoms with Crippen molar-refractivity contribution in [1.82, 2.24) is 0 Å². The zero-order valence-corrected chi connectivity index (χ0v) is 12.8. The summed E-state index contributed by atoms with van der Waals surface area (Å²) in [5.74, 6) is -0.117. The van der Waals surface area contributed by atoms with Crippen LogP contribution >= 0.6 is 0 Å². The molecule has 1 heterocycles. The molecule has 23 heavy (non-hydrogen) atoms. The summed E-state index contributed by atoms with van der Waals surface area (Å²) in [6, 6.07) is 18.6. The summed E-state index contributed by atoms with van der Waals surface area (Å²) < 4.78 is 5.31. The maximum absolute atomic E-state index is 12.8. The first-order chi connectivity index (χ1) is 11.3. The Morgan fingerprint density at radius 1 is 0.826 bits per heavy atom. The lowest BCUT2D eigenvalue weighted by molar-refractivity contribution is 0.106. The molecule has 0 aromatic heterocycles. The monoisotopic (exact) mass is 306 g/mol. The van der Waals surface area contributed by atoms with Crippen molar-refractivity contribution in [1.29, 1.82) is 0 Å². The predicted molar refractivity (Wildman–Crippen MR) is 91.2 cm³/mol. The quantitative estimate of drug-likeness (QED) is 0.493. The molecule has 0 amide bonds. The average molecular weight is 306 g/mol. The molecule has 0 saturated carbocycles. The molecular weight excluding hydrogens is 288 g/mol. The van der Waals surface area contributed by atoms with Crippen molar-refractivity contribution in [2.45, 2.75) is 12.8 Å². The SMILES string of the molecule is O=C(C(=NN=C1CCOCC1)c1ccccc1)c1ccccc1. The summed E-state index contributed by atoms with van der Waals surface area (Å²) in [7, 11) is 0. The molecule has 1 aliphatic rings. The normalized spacial score (nSPS) is 15.3. The molecule has 1 aliphatic heterocycles. The van der Waals surface area contributed by atoms with E-state index in [9.17, 15) is 4.79 Å². The van der Waals surface area contributed by atoms with E-state index in [4.69, 9.17) is 4.74 Å². The van der Waals surface area contributed by atoms with Crippen molar-refractivity contribution < 1.29 is 9.53 Å². The highest BCUT2D eigenvalue weighted by atomic mass is 16.5. The molecule has 1 fully saturated rings. The highest BCUT2D eigenvalue weighted by molar-refractivity contribution is 6.51. The fourth-order valence-corrected chi connectivity index (χ4v) is 2.38. The van der Waals surface area contributed by atoms with Gasteiger partial charge < -0.3 is 4.74 Å². The van der Waals surface area contributed by atoms with Crippen molar-refractivity contribution >= 4 is 17.2 Å². The molecule has 116 valence electrons. The molecule has 0 unspecified atom stereocenters. The second kappa shape index (κ2) is 7.61. The highest BCUT2D eigenvalue weighted by Gasteiger charge is 2.16. The van der Waals surface area contributed by atoms with E-state index in [1.165, 1.54) is 0 Å². The van der Waals surface area contributed by atoms with Crippen molar-refractivity contribution in [2.75, 3.05) is 13.2 Å². The summed E-state index contributed by atoms with van der Waals surface area (Å²) in [4.78, 5) is 12.8. The second-order valence-corrected chi connectivity index (χ2v) is 5.29. The topological polar surface area (TPSA) is 51.0 Å². The lowest BCUT2D eigenvalue weighted by Crippen LogP contribution is -2.17. The van der Waals surface area contributed by atoms with Crippen LogP contribution in [0.3, 0.4) is 0 Å². The Kier molecular flexibility index (Phi) is 5.06. The van der Waals surface area contributed by atoms with Crippen LogP contribution < -0.4 is 0 Å². The second-order valence-electron chi connectivity index (χ2n) is 5.29. The van der Waals surface area contributed by atoms with Crippen LogP contribution in [0, 0.1) is 0 Å². The molecule has 2 aromatic rings. The van der Waals surface area contributed by atoms with Crippen molar-refractivity contribution in [3.8, 4) is 0 Å². The van der Waals surface area contributed by atoms with Crippen LogP contribution in [0.5, 0.6) is 0 Å². The Balaban J connectivity index is 1.95. The molecule has 2 aromatic carbocycles. The first-order valence-electron chi connectivity index (χ1n) is 7.71. The first-order valence-corrected chi connectivity index (χ1v) is 7.71. The van der Waals surface area contributed by atoms with Gasteiger partial charge in [0.05, 0.1) is 13.2 Å². The van der Waals surface area contributed by atoms with Crippen LogP contribution in [-0.2, 0) is 4.74 Å². The number of Topliss-reactive ketones (excluding diaryl/α,β-unsaturated/α-hetero) is 1. The lowest BCUT2D eigenvalue weighted by Gasteiger charge is -2.12. The largest absolute Gasteiger partial charge is 0.381 e. The van der Waals surface area contributed by atoms with Crippen LogP contribution in [0.2, 0.25) is 0 Å². The Bertz CT molecular complexity index is 714. The lowest BCUT2D eigenvalue weighted by atomic mass is 10.0. The number of hydrogen-bond donors (Lipinski definition) is 0. The van der Waals surface area contributed by atoms with Gasteiger partial charge in [-0.2, -0.15) is 5.10 Å². The summed E-state index contributed by atoms with van der Waals surface area (Å²) >= 11 is 0. The minimum atomic E-state index is -0.117. The number of carbonyl (C=O) groups excluding carboxylic acids is 1. The average Bonchev–Trinajstić information content (AvgIpc) is 2.64. The third-order valence-electron chi connectivity index (χ3n) is 3.66. The maximum atomic E-state index is 12.8. The Morgan fingerprint density at radius 2 is 1.39 bits per heavy atom. The number of nitrogens with zero attached hydrogens (tertiary/aromatic N) is 2. The van der Waals surface area contributed by atoms with Crippen molar-refractivity contribution in [3.05, 3.63) is 71.8 Å². The summed E-state index contributed by atoms with van der Waals surface area (Å²) in [5.41, 5.74) is 2.74. The van der Waals surface area contributed by atoms with E-state index in [0.29, 0.717) is 24.5 Å². The predicted octanol–water partition coefficient (Wildman–Crippen LogP) is 3.53. The summed E-state index contributed by atoms with van der Waals surface area (Å²) in [5, 5.41) is 8.60. The molecule has 4 heteroatoms. The molecule has 0 spiro atoms. The van der Waals surface area contributed by atoms with Gasteiger partial charge in [-0.3, -0.25) is 4.79 Å². The number of ketones is 1. The highest BCUT2D eigenvalue weighted by Crippen LogP contribution is 2.11.